The summed E-state index contributed by atoms with van der Waals surface area (Å²) < 4.78 is 10.9. The van der Waals surface area contributed by atoms with Crippen molar-refractivity contribution in [1.29, 1.82) is 0 Å². The Hall–Kier alpha value is -1.97. The Labute approximate surface area is 159 Å². The summed E-state index contributed by atoms with van der Waals surface area (Å²) in [6, 6.07) is 0. The molecule has 3 heterocycles. The van der Waals surface area contributed by atoms with E-state index in [0.717, 1.165) is 26.2 Å². The summed E-state index contributed by atoms with van der Waals surface area (Å²) in [5.41, 5.74) is 4.48. The molecule has 150 valence electrons. The van der Waals surface area contributed by atoms with Gasteiger partial charge in [-0.05, 0) is 27.2 Å². The molecule has 1 saturated heterocycles. The average molecular weight is 379 g/mol. The van der Waals surface area contributed by atoms with E-state index in [9.17, 15) is 9.59 Å². The lowest BCUT2D eigenvalue weighted by molar-refractivity contribution is -0.141. The summed E-state index contributed by atoms with van der Waals surface area (Å²) in [6.07, 6.45) is 1.48. The average Bonchev–Trinajstić information content (AvgIpc) is 3.16. The standard InChI is InChI=1S/C18H29N5O4/c1-4-26-18(25)16-12(3)27-11(2)9-14(16)20-17(24)13-5-6-15(22-21-13)23-8-7-19-10-23/h11-12,15,19,22H,4-10H2,1-3H3,(H,20,24)/t11-,12+,15?/m1/s1. The molecule has 0 saturated carbocycles. The van der Waals surface area contributed by atoms with Gasteiger partial charge in [0.1, 0.15) is 5.71 Å². The van der Waals surface area contributed by atoms with Crippen LogP contribution < -0.4 is 16.1 Å². The summed E-state index contributed by atoms with van der Waals surface area (Å²) in [6.45, 7) is 8.51. The number of esters is 1. The van der Waals surface area contributed by atoms with Crippen LogP contribution in [0.15, 0.2) is 16.4 Å². The van der Waals surface area contributed by atoms with Gasteiger partial charge in [0.15, 0.2) is 0 Å². The van der Waals surface area contributed by atoms with E-state index in [1.807, 2.05) is 6.92 Å². The molecule has 3 aliphatic rings. The highest BCUT2D eigenvalue weighted by Crippen LogP contribution is 2.25. The van der Waals surface area contributed by atoms with Crippen LogP contribution in [0.5, 0.6) is 0 Å². The van der Waals surface area contributed by atoms with Crippen LogP contribution in [0.4, 0.5) is 0 Å². The summed E-state index contributed by atoms with van der Waals surface area (Å²) in [5, 5.41) is 10.5. The lowest BCUT2D eigenvalue weighted by Crippen LogP contribution is -2.48. The van der Waals surface area contributed by atoms with Crippen LogP contribution in [0.2, 0.25) is 0 Å². The lowest BCUT2D eigenvalue weighted by Gasteiger charge is -2.31. The quantitative estimate of drug-likeness (QED) is 0.580. The Bertz CT molecular complexity index is 642. The number of ether oxygens (including phenoxy) is 2. The molecule has 0 aromatic carbocycles. The van der Waals surface area contributed by atoms with Gasteiger partial charge in [-0.15, -0.1) is 0 Å². The molecule has 0 aliphatic carbocycles. The van der Waals surface area contributed by atoms with E-state index < -0.39 is 12.1 Å². The molecule has 27 heavy (non-hydrogen) atoms. The highest BCUT2D eigenvalue weighted by molar-refractivity contribution is 6.39. The third kappa shape index (κ3) is 4.66. The Balaban J connectivity index is 1.69. The largest absolute Gasteiger partial charge is 0.463 e. The molecule has 1 amide bonds. The van der Waals surface area contributed by atoms with Crippen molar-refractivity contribution in [2.24, 2.45) is 5.10 Å². The first kappa shape index (κ1) is 19.8. The van der Waals surface area contributed by atoms with E-state index >= 15 is 0 Å². The van der Waals surface area contributed by atoms with Gasteiger partial charge >= 0.3 is 5.97 Å². The number of hydrogen-bond acceptors (Lipinski definition) is 8. The van der Waals surface area contributed by atoms with Crippen molar-refractivity contribution >= 4 is 17.6 Å². The number of hydrazone groups is 1. The van der Waals surface area contributed by atoms with E-state index in [1.165, 1.54) is 0 Å². The van der Waals surface area contributed by atoms with E-state index in [4.69, 9.17) is 9.47 Å². The van der Waals surface area contributed by atoms with Gasteiger partial charge in [-0.2, -0.15) is 5.10 Å². The summed E-state index contributed by atoms with van der Waals surface area (Å²) in [5.74, 6) is -0.726. The smallest absolute Gasteiger partial charge is 0.338 e. The first-order valence-corrected chi connectivity index (χ1v) is 9.63. The minimum absolute atomic E-state index is 0.0908. The van der Waals surface area contributed by atoms with Crippen molar-refractivity contribution in [2.45, 2.75) is 58.4 Å². The fourth-order valence-electron chi connectivity index (χ4n) is 3.70. The number of amides is 1. The number of carbonyl (C=O) groups excluding carboxylic acids is 2. The fraction of sp³-hybridized carbons (Fsp3) is 0.722. The third-order valence-corrected chi connectivity index (χ3v) is 5.02. The van der Waals surface area contributed by atoms with Gasteiger partial charge in [-0.25, -0.2) is 4.79 Å². The molecule has 3 rings (SSSR count). The fourth-order valence-corrected chi connectivity index (χ4v) is 3.70. The molecule has 9 heteroatoms. The molecule has 0 radical (unpaired) electrons. The van der Waals surface area contributed by atoms with Crippen LogP contribution >= 0.6 is 0 Å². The highest BCUT2D eigenvalue weighted by atomic mass is 16.5. The molecule has 1 unspecified atom stereocenters. The third-order valence-electron chi connectivity index (χ3n) is 5.02. The maximum atomic E-state index is 12.7. The predicted octanol–water partition coefficient (Wildman–Crippen LogP) is 0.0453. The van der Waals surface area contributed by atoms with E-state index in [1.54, 1.807) is 13.8 Å². The van der Waals surface area contributed by atoms with Gasteiger partial charge in [0, 0.05) is 31.6 Å². The number of hydrogen-bond donors (Lipinski definition) is 3. The second-order valence-electron chi connectivity index (χ2n) is 7.07. The van der Waals surface area contributed by atoms with Gasteiger partial charge in [0.05, 0.1) is 37.2 Å². The SMILES string of the molecule is CCOC(=O)C1=C(NC(=O)C2=NNC(N3CCNC3)CC2)C[C@@H](C)O[C@H]1C. The molecule has 0 aromatic rings. The summed E-state index contributed by atoms with van der Waals surface area (Å²) in [7, 11) is 0. The van der Waals surface area contributed by atoms with Crippen LogP contribution in [0.3, 0.4) is 0 Å². The second kappa shape index (κ2) is 8.81. The van der Waals surface area contributed by atoms with E-state index in [2.05, 4.69) is 26.1 Å². The number of nitrogens with one attached hydrogen (secondary N) is 3. The minimum Gasteiger partial charge on any atom is -0.463 e. The van der Waals surface area contributed by atoms with Crippen molar-refractivity contribution in [3.8, 4) is 0 Å². The topological polar surface area (TPSA) is 104 Å². The highest BCUT2D eigenvalue weighted by Gasteiger charge is 2.33. The Morgan fingerprint density at radius 2 is 2.22 bits per heavy atom. The summed E-state index contributed by atoms with van der Waals surface area (Å²) >= 11 is 0. The zero-order valence-corrected chi connectivity index (χ0v) is 16.2. The molecule has 3 aliphatic heterocycles. The monoisotopic (exact) mass is 379 g/mol. The van der Waals surface area contributed by atoms with Gasteiger partial charge in [-0.3, -0.25) is 15.1 Å². The maximum Gasteiger partial charge on any atom is 0.338 e. The normalized spacial score (nSPS) is 29.1. The first-order chi connectivity index (χ1) is 13.0. The van der Waals surface area contributed by atoms with Gasteiger partial charge in [-0.1, -0.05) is 0 Å². The minimum atomic E-state index is -0.447. The molecule has 3 atom stereocenters. The molecule has 9 nitrogen and oxygen atoms in total. The van der Waals surface area contributed by atoms with Gasteiger partial charge in [0.25, 0.3) is 5.91 Å². The predicted molar refractivity (Wildman–Crippen MR) is 99.6 cm³/mol. The molecule has 0 bridgehead atoms. The van der Waals surface area contributed by atoms with Crippen LogP contribution in [0, 0.1) is 0 Å². The van der Waals surface area contributed by atoms with Crippen molar-refractivity contribution in [3.05, 3.63) is 11.3 Å². The molecule has 0 spiro atoms. The van der Waals surface area contributed by atoms with Gasteiger partial charge in [0.2, 0.25) is 0 Å². The zero-order chi connectivity index (χ0) is 19.4. The molecular formula is C18H29N5O4. The van der Waals surface area contributed by atoms with Crippen LogP contribution in [-0.2, 0) is 19.1 Å². The molecular weight excluding hydrogens is 350 g/mol. The molecule has 3 N–H and O–H groups in total. The second-order valence-corrected chi connectivity index (χ2v) is 7.07. The molecule has 1 fully saturated rings. The Kier molecular flexibility index (Phi) is 6.46. The molecule has 0 aromatic heterocycles. The number of rotatable bonds is 5. The van der Waals surface area contributed by atoms with Crippen molar-refractivity contribution in [2.75, 3.05) is 26.4 Å². The van der Waals surface area contributed by atoms with Gasteiger partial charge < -0.3 is 20.1 Å². The van der Waals surface area contributed by atoms with Crippen LogP contribution in [-0.4, -0.2) is 67.2 Å². The van der Waals surface area contributed by atoms with Crippen molar-refractivity contribution < 1.29 is 19.1 Å². The van der Waals surface area contributed by atoms with Crippen molar-refractivity contribution in [1.82, 2.24) is 21.0 Å². The zero-order valence-electron chi connectivity index (χ0n) is 16.2. The number of nitrogens with zero attached hydrogens (tertiary/aromatic N) is 2. The van der Waals surface area contributed by atoms with Crippen LogP contribution in [0.25, 0.3) is 0 Å². The lowest BCUT2D eigenvalue weighted by atomic mass is 10.00. The Morgan fingerprint density at radius 3 is 2.85 bits per heavy atom. The number of carbonyl (C=O) groups is 2. The van der Waals surface area contributed by atoms with Crippen molar-refractivity contribution in [3.63, 3.8) is 0 Å². The van der Waals surface area contributed by atoms with Crippen LogP contribution in [0.1, 0.15) is 40.0 Å². The van der Waals surface area contributed by atoms with E-state index in [-0.39, 0.29) is 24.8 Å². The maximum absolute atomic E-state index is 12.7. The summed E-state index contributed by atoms with van der Waals surface area (Å²) in [4.78, 5) is 27.3. The van der Waals surface area contributed by atoms with E-state index in [0.29, 0.717) is 29.8 Å². The Morgan fingerprint density at radius 1 is 1.41 bits per heavy atom. The first-order valence-electron chi connectivity index (χ1n) is 9.63.